The van der Waals surface area contributed by atoms with Crippen molar-refractivity contribution in [2.75, 3.05) is 13.2 Å². The Morgan fingerprint density at radius 3 is 2.52 bits per heavy atom. The lowest BCUT2D eigenvalue weighted by atomic mass is 9.74. The number of ketones is 1. The summed E-state index contributed by atoms with van der Waals surface area (Å²) in [6, 6.07) is 5.66. The van der Waals surface area contributed by atoms with Gasteiger partial charge in [0.15, 0.2) is 5.78 Å². The third kappa shape index (κ3) is 4.80. The van der Waals surface area contributed by atoms with Crippen LogP contribution in [0, 0.1) is 11.3 Å². The highest BCUT2D eigenvalue weighted by Crippen LogP contribution is 2.39. The smallest absolute Gasteiger partial charge is 0.315 e. The Labute approximate surface area is 176 Å². The predicted octanol–water partition coefficient (Wildman–Crippen LogP) is 5.81. The highest BCUT2D eigenvalue weighted by Gasteiger charge is 2.42. The molecule has 0 amide bonds. The summed E-state index contributed by atoms with van der Waals surface area (Å²) >= 11 is 1.43. The molecule has 0 aliphatic heterocycles. The van der Waals surface area contributed by atoms with Gasteiger partial charge in [-0.15, -0.1) is 0 Å². The molecule has 0 atom stereocenters. The number of Topliss-reactive ketones (excluding diaryl/α,β-unsaturated/α-hetero) is 1. The minimum Gasteiger partial charge on any atom is -0.469 e. The van der Waals surface area contributed by atoms with Crippen LogP contribution in [-0.2, 0) is 9.53 Å². The molecule has 1 aromatic carbocycles. The van der Waals surface area contributed by atoms with E-state index in [9.17, 15) is 9.59 Å². The van der Waals surface area contributed by atoms with Crippen LogP contribution in [0.15, 0.2) is 18.2 Å². The largest absolute Gasteiger partial charge is 0.469 e. The fraction of sp³-hybridized carbons (Fsp3) is 0.609. The maximum atomic E-state index is 12.7. The van der Waals surface area contributed by atoms with Gasteiger partial charge in [0.25, 0.3) is 5.19 Å². The highest BCUT2D eigenvalue weighted by molar-refractivity contribution is 7.20. The average molecular weight is 418 g/mol. The second kappa shape index (κ2) is 9.70. The normalized spacial score (nSPS) is 16.1. The van der Waals surface area contributed by atoms with Gasteiger partial charge in [0.1, 0.15) is 12.0 Å². The van der Waals surface area contributed by atoms with Crippen molar-refractivity contribution in [2.24, 2.45) is 11.3 Å². The lowest BCUT2D eigenvalue weighted by Crippen LogP contribution is -2.40. The molecule has 1 fully saturated rings. The molecule has 5 nitrogen and oxygen atoms in total. The molecule has 1 heterocycles. The van der Waals surface area contributed by atoms with E-state index in [4.69, 9.17) is 9.47 Å². The molecule has 0 radical (unpaired) electrons. The van der Waals surface area contributed by atoms with E-state index in [2.05, 4.69) is 4.98 Å². The molecule has 158 valence electrons. The van der Waals surface area contributed by atoms with Crippen molar-refractivity contribution in [3.8, 4) is 5.19 Å². The van der Waals surface area contributed by atoms with Crippen LogP contribution in [0.5, 0.6) is 5.19 Å². The number of aromatic nitrogens is 1. The number of carbonyl (C=O) groups is 2. The molecule has 1 aromatic heterocycles. The van der Waals surface area contributed by atoms with Crippen molar-refractivity contribution in [3.05, 3.63) is 23.8 Å². The number of hydrogen-bond donors (Lipinski definition) is 0. The van der Waals surface area contributed by atoms with Crippen LogP contribution in [0.4, 0.5) is 0 Å². The molecule has 0 saturated heterocycles. The first kappa shape index (κ1) is 21.8. The first-order valence-corrected chi connectivity index (χ1v) is 11.6. The second-order valence-electron chi connectivity index (χ2n) is 7.89. The Kier molecular flexibility index (Phi) is 7.28. The summed E-state index contributed by atoms with van der Waals surface area (Å²) in [4.78, 5) is 29.8. The van der Waals surface area contributed by atoms with Crippen LogP contribution in [0.25, 0.3) is 10.2 Å². The minimum atomic E-state index is -0.567. The molecule has 3 rings (SSSR count). The molecular weight excluding hydrogens is 386 g/mol. The number of thiazole rings is 1. The highest BCUT2D eigenvalue weighted by atomic mass is 32.1. The Bertz CT molecular complexity index is 850. The van der Waals surface area contributed by atoms with Crippen molar-refractivity contribution < 1.29 is 19.1 Å². The van der Waals surface area contributed by atoms with Gasteiger partial charge in [0, 0.05) is 11.5 Å². The summed E-state index contributed by atoms with van der Waals surface area (Å²) in [5, 5.41) is 0.543. The van der Waals surface area contributed by atoms with Crippen molar-refractivity contribution in [3.63, 3.8) is 0 Å². The quantitative estimate of drug-likeness (QED) is 0.381. The number of nitrogens with zero attached hydrogens (tertiary/aromatic N) is 1. The number of hydrogen-bond acceptors (Lipinski definition) is 6. The monoisotopic (exact) mass is 417 g/mol. The number of esters is 1. The maximum absolute atomic E-state index is 12.7. The van der Waals surface area contributed by atoms with E-state index in [1.54, 1.807) is 0 Å². The van der Waals surface area contributed by atoms with Gasteiger partial charge in [0.05, 0.1) is 16.8 Å². The van der Waals surface area contributed by atoms with Gasteiger partial charge >= 0.3 is 5.97 Å². The lowest BCUT2D eigenvalue weighted by molar-refractivity contribution is -0.159. The van der Waals surface area contributed by atoms with E-state index in [1.807, 2.05) is 39.0 Å². The Balaban J connectivity index is 1.76. The molecule has 0 spiro atoms. The molecule has 1 aliphatic carbocycles. The molecule has 0 N–H and O–H groups in total. The lowest BCUT2D eigenvalue weighted by Gasteiger charge is -2.33. The van der Waals surface area contributed by atoms with Gasteiger partial charge in [-0.2, -0.15) is 0 Å². The van der Waals surface area contributed by atoms with Gasteiger partial charge in [-0.3, -0.25) is 9.59 Å². The Morgan fingerprint density at radius 2 is 1.86 bits per heavy atom. The molecule has 0 unspecified atom stereocenters. The van der Waals surface area contributed by atoms with Gasteiger partial charge in [-0.1, -0.05) is 44.4 Å². The van der Waals surface area contributed by atoms with Crippen LogP contribution in [-0.4, -0.2) is 30.0 Å². The maximum Gasteiger partial charge on any atom is 0.315 e. The number of ether oxygens (including phenoxy) is 2. The van der Waals surface area contributed by atoms with Crippen LogP contribution >= 0.6 is 11.3 Å². The van der Waals surface area contributed by atoms with Gasteiger partial charge < -0.3 is 9.47 Å². The molecule has 2 aromatic rings. The first-order chi connectivity index (χ1) is 14.0. The topological polar surface area (TPSA) is 65.5 Å². The van der Waals surface area contributed by atoms with Crippen molar-refractivity contribution >= 4 is 33.3 Å². The Morgan fingerprint density at radius 1 is 1.14 bits per heavy atom. The average Bonchev–Trinajstić information content (AvgIpc) is 3.16. The van der Waals surface area contributed by atoms with Crippen LogP contribution in [0.2, 0.25) is 0 Å². The summed E-state index contributed by atoms with van der Waals surface area (Å²) in [5.41, 5.74) is 0.986. The van der Waals surface area contributed by atoms with E-state index in [-0.39, 0.29) is 17.7 Å². The van der Waals surface area contributed by atoms with Crippen LogP contribution < -0.4 is 4.74 Å². The van der Waals surface area contributed by atoms with Gasteiger partial charge in [-0.05, 0) is 50.8 Å². The summed E-state index contributed by atoms with van der Waals surface area (Å²) in [6.07, 6.45) is 6.47. The summed E-state index contributed by atoms with van der Waals surface area (Å²) in [6.45, 7) is 6.62. The number of rotatable bonds is 9. The molecular formula is C23H31NO4S. The molecule has 29 heavy (non-hydrogen) atoms. The van der Waals surface area contributed by atoms with Crippen molar-refractivity contribution in [2.45, 2.75) is 65.7 Å². The van der Waals surface area contributed by atoms with Gasteiger partial charge in [0.2, 0.25) is 0 Å². The fourth-order valence-electron chi connectivity index (χ4n) is 4.13. The molecule has 0 bridgehead atoms. The Hall–Kier alpha value is -1.95. The van der Waals surface area contributed by atoms with Crippen molar-refractivity contribution in [1.82, 2.24) is 4.98 Å². The molecule has 1 aliphatic rings. The predicted molar refractivity (Wildman–Crippen MR) is 116 cm³/mol. The van der Waals surface area contributed by atoms with E-state index in [0.29, 0.717) is 18.4 Å². The van der Waals surface area contributed by atoms with Crippen LogP contribution in [0.3, 0.4) is 0 Å². The number of benzene rings is 1. The van der Waals surface area contributed by atoms with E-state index in [0.717, 1.165) is 60.7 Å². The van der Waals surface area contributed by atoms with E-state index < -0.39 is 5.41 Å². The third-order valence-corrected chi connectivity index (χ3v) is 6.93. The van der Waals surface area contributed by atoms with Crippen molar-refractivity contribution in [1.29, 1.82) is 0 Å². The first-order valence-electron chi connectivity index (χ1n) is 10.8. The summed E-state index contributed by atoms with van der Waals surface area (Å²) < 4.78 is 12.3. The van der Waals surface area contributed by atoms with Gasteiger partial charge in [-0.25, -0.2) is 4.98 Å². The molecule has 6 heteroatoms. The summed E-state index contributed by atoms with van der Waals surface area (Å²) in [7, 11) is 0. The van der Waals surface area contributed by atoms with E-state index in [1.165, 1.54) is 11.3 Å². The summed E-state index contributed by atoms with van der Waals surface area (Å²) in [5.74, 6) is 0.0990. The van der Waals surface area contributed by atoms with Crippen LogP contribution in [0.1, 0.15) is 76.1 Å². The SMILES string of the molecule is CCOC(=O)C1(COc2nc3ccc(C(=O)C(CC)CC)cc3s2)CCCCC1. The third-order valence-electron chi connectivity index (χ3n) is 6.00. The second-order valence-corrected chi connectivity index (χ2v) is 8.88. The van der Waals surface area contributed by atoms with E-state index >= 15 is 0 Å². The standard InChI is InChI=1S/C23H31NO4S/c1-4-16(5-2)20(25)17-10-11-18-19(14-17)29-22(24-18)28-15-23(21(26)27-6-3)12-8-7-9-13-23/h10-11,14,16H,4-9,12-13,15H2,1-3H3. The molecule has 1 saturated carbocycles. The minimum absolute atomic E-state index is 0.0619. The zero-order valence-corrected chi connectivity index (χ0v) is 18.5. The number of fused-ring (bicyclic) bond motifs is 1. The zero-order chi connectivity index (χ0) is 20.9. The number of carbonyl (C=O) groups excluding carboxylic acids is 2. The fourth-order valence-corrected chi connectivity index (χ4v) is 4.99. The zero-order valence-electron chi connectivity index (χ0n) is 17.7.